The number of aryl methyl sites for hydroxylation is 2. The van der Waals surface area contributed by atoms with E-state index in [2.05, 4.69) is 15.0 Å². The van der Waals surface area contributed by atoms with Crippen LogP contribution in [0.5, 0.6) is 5.75 Å². The Balaban J connectivity index is 1.89. The van der Waals surface area contributed by atoms with Crippen molar-refractivity contribution in [2.24, 2.45) is 0 Å². The lowest BCUT2D eigenvalue weighted by Gasteiger charge is -2.10. The Morgan fingerprint density at radius 1 is 1.16 bits per heavy atom. The van der Waals surface area contributed by atoms with E-state index in [1.807, 2.05) is 4.72 Å². The minimum absolute atomic E-state index is 0.0149. The summed E-state index contributed by atoms with van der Waals surface area (Å²) in [4.78, 5) is 12.6. The van der Waals surface area contributed by atoms with Crippen LogP contribution in [-0.2, 0) is 10.0 Å². The van der Waals surface area contributed by atoms with Crippen LogP contribution < -0.4 is 9.46 Å². The topological polar surface area (TPSA) is 103 Å². The van der Waals surface area contributed by atoms with Crippen molar-refractivity contribution < 1.29 is 26.7 Å². The van der Waals surface area contributed by atoms with E-state index >= 15 is 0 Å². The first kappa shape index (κ1) is 22.6. The number of halogens is 3. The van der Waals surface area contributed by atoms with Gasteiger partial charge in [-0.25, -0.2) is 17.8 Å². The molecule has 1 N–H and O–H groups in total. The molecule has 3 aromatic rings. The fraction of sp³-hybridized carbons (Fsp3) is 0.211. The van der Waals surface area contributed by atoms with E-state index in [9.17, 15) is 22.0 Å². The van der Waals surface area contributed by atoms with Gasteiger partial charge in [0.2, 0.25) is 0 Å². The van der Waals surface area contributed by atoms with Crippen molar-refractivity contribution >= 4 is 27.5 Å². The lowest BCUT2D eigenvalue weighted by atomic mass is 10.2. The van der Waals surface area contributed by atoms with Crippen molar-refractivity contribution in [3.63, 3.8) is 0 Å². The van der Waals surface area contributed by atoms with Crippen LogP contribution in [0, 0.1) is 20.8 Å². The molecule has 1 heterocycles. The van der Waals surface area contributed by atoms with Crippen LogP contribution in [0.4, 0.5) is 8.78 Å². The zero-order valence-corrected chi connectivity index (χ0v) is 18.1. The lowest BCUT2D eigenvalue weighted by Crippen LogP contribution is -2.32. The van der Waals surface area contributed by atoms with Crippen LogP contribution in [0.25, 0.3) is 5.69 Å². The normalized spacial score (nSPS) is 11.6. The molecular weight excluding hydrogens is 454 g/mol. The smallest absolute Gasteiger partial charge is 0.387 e. The number of nitrogens with one attached hydrogen (secondary N) is 1. The molecule has 0 bridgehead atoms. The quantitative estimate of drug-likeness (QED) is 0.590. The summed E-state index contributed by atoms with van der Waals surface area (Å²) in [6.45, 7) is 1.82. The van der Waals surface area contributed by atoms with Crippen LogP contribution in [0.1, 0.15) is 27.3 Å². The van der Waals surface area contributed by atoms with Crippen molar-refractivity contribution in [3.05, 3.63) is 63.9 Å². The van der Waals surface area contributed by atoms with E-state index in [1.165, 1.54) is 29.8 Å². The SMILES string of the molecule is Cc1ccc(C)c(S(=O)(=O)NC(=O)c2nnn(-c3ccc(OC(F)F)cc3Cl)c2C)c1. The van der Waals surface area contributed by atoms with Crippen LogP contribution in [-0.4, -0.2) is 35.9 Å². The Bertz CT molecular complexity index is 1260. The van der Waals surface area contributed by atoms with Gasteiger partial charge in [-0.1, -0.05) is 28.9 Å². The first-order valence-corrected chi connectivity index (χ1v) is 10.7. The highest BCUT2D eigenvalue weighted by molar-refractivity contribution is 7.90. The molecule has 8 nitrogen and oxygen atoms in total. The van der Waals surface area contributed by atoms with Crippen molar-refractivity contribution in [2.45, 2.75) is 32.3 Å². The van der Waals surface area contributed by atoms with E-state index < -0.39 is 22.5 Å². The predicted octanol–water partition coefficient (Wildman–Crippen LogP) is 3.57. The largest absolute Gasteiger partial charge is 0.435 e. The molecule has 0 fully saturated rings. The van der Waals surface area contributed by atoms with Gasteiger partial charge in [-0.3, -0.25) is 4.79 Å². The molecule has 0 saturated carbocycles. The average Bonchev–Trinajstić information content (AvgIpc) is 3.04. The number of hydrogen-bond acceptors (Lipinski definition) is 6. The van der Waals surface area contributed by atoms with Gasteiger partial charge in [-0.2, -0.15) is 8.78 Å². The van der Waals surface area contributed by atoms with Gasteiger partial charge in [-0.15, -0.1) is 5.10 Å². The molecule has 2 aromatic carbocycles. The second-order valence-electron chi connectivity index (χ2n) is 6.63. The Morgan fingerprint density at radius 2 is 1.87 bits per heavy atom. The molecule has 12 heteroatoms. The molecule has 31 heavy (non-hydrogen) atoms. The summed E-state index contributed by atoms with van der Waals surface area (Å²) in [6.07, 6.45) is 0. The van der Waals surface area contributed by atoms with E-state index in [0.29, 0.717) is 5.56 Å². The minimum Gasteiger partial charge on any atom is -0.435 e. The Kier molecular flexibility index (Phi) is 6.27. The summed E-state index contributed by atoms with van der Waals surface area (Å²) in [5, 5.41) is 7.59. The maximum atomic E-state index is 12.7. The number of hydrogen-bond donors (Lipinski definition) is 1. The van der Waals surface area contributed by atoms with E-state index in [1.54, 1.807) is 26.0 Å². The summed E-state index contributed by atoms with van der Waals surface area (Å²) in [5.41, 5.74) is 1.39. The Hall–Kier alpha value is -3.05. The molecule has 0 unspecified atom stereocenters. The van der Waals surface area contributed by atoms with E-state index in [4.69, 9.17) is 11.6 Å². The third kappa shape index (κ3) is 4.83. The zero-order chi connectivity index (χ0) is 22.9. The maximum absolute atomic E-state index is 12.7. The summed E-state index contributed by atoms with van der Waals surface area (Å²) >= 11 is 6.12. The second-order valence-corrected chi connectivity index (χ2v) is 8.69. The van der Waals surface area contributed by atoms with Crippen molar-refractivity contribution in [3.8, 4) is 11.4 Å². The van der Waals surface area contributed by atoms with Crippen LogP contribution in [0.15, 0.2) is 41.3 Å². The summed E-state index contributed by atoms with van der Waals surface area (Å²) in [7, 11) is -4.15. The average molecular weight is 471 g/mol. The molecule has 0 aliphatic rings. The van der Waals surface area contributed by atoms with Crippen LogP contribution in [0.3, 0.4) is 0 Å². The Morgan fingerprint density at radius 3 is 2.52 bits per heavy atom. The van der Waals surface area contributed by atoms with Gasteiger partial charge < -0.3 is 4.74 Å². The monoisotopic (exact) mass is 470 g/mol. The molecular formula is C19H17ClF2N4O4S. The van der Waals surface area contributed by atoms with Gasteiger partial charge in [0.05, 0.1) is 21.3 Å². The third-order valence-electron chi connectivity index (χ3n) is 4.34. The van der Waals surface area contributed by atoms with E-state index in [-0.39, 0.29) is 32.7 Å². The highest BCUT2D eigenvalue weighted by atomic mass is 35.5. The number of benzene rings is 2. The number of nitrogens with zero attached hydrogens (tertiary/aromatic N) is 3. The number of aromatic nitrogens is 3. The van der Waals surface area contributed by atoms with Gasteiger partial charge >= 0.3 is 6.61 Å². The molecule has 0 spiro atoms. The highest BCUT2D eigenvalue weighted by Gasteiger charge is 2.25. The number of amides is 1. The maximum Gasteiger partial charge on any atom is 0.387 e. The third-order valence-corrected chi connectivity index (χ3v) is 6.12. The van der Waals surface area contributed by atoms with Gasteiger partial charge in [0.1, 0.15) is 5.75 Å². The number of alkyl halides is 2. The van der Waals surface area contributed by atoms with Gasteiger partial charge in [0.15, 0.2) is 5.69 Å². The van der Waals surface area contributed by atoms with Crippen LogP contribution >= 0.6 is 11.6 Å². The molecule has 164 valence electrons. The summed E-state index contributed by atoms with van der Waals surface area (Å²) < 4.78 is 57.5. The predicted molar refractivity (Wildman–Crippen MR) is 108 cm³/mol. The molecule has 0 atom stereocenters. The molecule has 3 rings (SSSR count). The fourth-order valence-electron chi connectivity index (χ4n) is 2.83. The van der Waals surface area contributed by atoms with Crippen LogP contribution in [0.2, 0.25) is 5.02 Å². The van der Waals surface area contributed by atoms with Crippen molar-refractivity contribution in [1.82, 2.24) is 19.7 Å². The minimum atomic E-state index is -4.15. The zero-order valence-electron chi connectivity index (χ0n) is 16.6. The summed E-state index contributed by atoms with van der Waals surface area (Å²) in [6, 6.07) is 8.62. The number of ether oxygens (including phenoxy) is 1. The number of carbonyl (C=O) groups is 1. The van der Waals surface area contributed by atoms with Gasteiger partial charge in [-0.05, 0) is 50.1 Å². The summed E-state index contributed by atoms with van der Waals surface area (Å²) in [5.74, 6) is -1.13. The first-order valence-electron chi connectivity index (χ1n) is 8.81. The molecule has 1 aromatic heterocycles. The number of sulfonamides is 1. The molecule has 0 aliphatic heterocycles. The van der Waals surface area contributed by atoms with Crippen molar-refractivity contribution in [2.75, 3.05) is 0 Å². The molecule has 0 saturated heterocycles. The van der Waals surface area contributed by atoms with Crippen molar-refractivity contribution in [1.29, 1.82) is 0 Å². The molecule has 1 amide bonds. The van der Waals surface area contributed by atoms with Gasteiger partial charge in [0, 0.05) is 6.07 Å². The standard InChI is InChI=1S/C19H17ClF2N4O4S/c1-10-4-5-11(2)16(8-10)31(28,29)24-18(27)17-12(3)26(25-23-17)15-7-6-13(9-14(15)20)30-19(21)22/h4-9,19H,1-3H3,(H,24,27). The van der Waals surface area contributed by atoms with E-state index in [0.717, 1.165) is 11.6 Å². The molecule has 0 radical (unpaired) electrons. The fourth-order valence-corrected chi connectivity index (χ4v) is 4.36. The van der Waals surface area contributed by atoms with Gasteiger partial charge in [0.25, 0.3) is 15.9 Å². The second kappa shape index (κ2) is 8.60. The number of rotatable bonds is 6. The lowest BCUT2D eigenvalue weighted by molar-refractivity contribution is -0.0498. The highest BCUT2D eigenvalue weighted by Crippen LogP contribution is 2.27. The molecule has 0 aliphatic carbocycles. The first-order chi connectivity index (χ1) is 14.5. The Labute approximate surface area is 181 Å². The number of carbonyl (C=O) groups excluding carboxylic acids is 1.